The van der Waals surface area contributed by atoms with Gasteiger partial charge in [-0.15, -0.1) is 0 Å². The van der Waals surface area contributed by atoms with E-state index in [1.54, 1.807) is 0 Å². The molecule has 2 aliphatic rings. The van der Waals surface area contributed by atoms with Crippen LogP contribution in [-0.2, 0) is 0 Å². The molecule has 0 N–H and O–H groups in total. The Hall–Kier alpha value is -0.510. The average Bonchev–Trinajstić information content (AvgIpc) is 2.46. The summed E-state index contributed by atoms with van der Waals surface area (Å²) in [6.45, 7) is 4.86. The van der Waals surface area contributed by atoms with Gasteiger partial charge >= 0.3 is 0 Å². The van der Waals surface area contributed by atoms with Gasteiger partial charge in [0.1, 0.15) is 0 Å². The Balaban J connectivity index is 2.17. The lowest BCUT2D eigenvalue weighted by Gasteiger charge is -2.43. The summed E-state index contributed by atoms with van der Waals surface area (Å²) >= 11 is 0. The van der Waals surface area contributed by atoms with Crippen LogP contribution in [0, 0.1) is 34.5 Å². The largest absolute Gasteiger partial charge is 0.198 e. The molecule has 0 radical (unpaired) electrons. The Bertz CT molecular complexity index is 252. The van der Waals surface area contributed by atoms with Crippen molar-refractivity contribution in [2.24, 2.45) is 23.2 Å². The quantitative estimate of drug-likeness (QED) is 0.619. The first-order valence-corrected chi connectivity index (χ1v) is 6.05. The third-order valence-corrected chi connectivity index (χ3v) is 5.01. The smallest absolute Gasteiger partial charge is 0.0624 e. The van der Waals surface area contributed by atoms with E-state index >= 15 is 0 Å². The molecular weight excluding hydrogens is 170 g/mol. The molecule has 1 heteroatoms. The Morgan fingerprint density at radius 1 is 1.36 bits per heavy atom. The molecular formula is C13H21N. The van der Waals surface area contributed by atoms with Crippen molar-refractivity contribution in [2.45, 2.75) is 52.4 Å². The second-order valence-electron chi connectivity index (χ2n) is 5.62. The molecule has 0 amide bonds. The maximum atomic E-state index is 8.85. The molecule has 78 valence electrons. The number of hydrogen-bond donors (Lipinski definition) is 0. The molecule has 0 spiro atoms. The van der Waals surface area contributed by atoms with Gasteiger partial charge in [-0.1, -0.05) is 26.7 Å². The zero-order valence-electron chi connectivity index (χ0n) is 9.42. The van der Waals surface area contributed by atoms with Crippen molar-refractivity contribution >= 4 is 0 Å². The monoisotopic (exact) mass is 191 g/mol. The van der Waals surface area contributed by atoms with E-state index in [0.29, 0.717) is 11.3 Å². The van der Waals surface area contributed by atoms with Gasteiger partial charge in [0.05, 0.1) is 6.07 Å². The Labute approximate surface area is 87.5 Å². The molecule has 2 saturated carbocycles. The van der Waals surface area contributed by atoms with Crippen LogP contribution in [0.1, 0.15) is 52.4 Å². The zero-order valence-corrected chi connectivity index (χ0v) is 9.42. The Morgan fingerprint density at radius 2 is 2.14 bits per heavy atom. The predicted octanol–water partition coefficient (Wildman–Crippen LogP) is 3.75. The van der Waals surface area contributed by atoms with Crippen LogP contribution >= 0.6 is 0 Å². The van der Waals surface area contributed by atoms with Gasteiger partial charge in [0, 0.05) is 6.42 Å². The van der Waals surface area contributed by atoms with Crippen LogP contribution in [0.25, 0.3) is 0 Å². The zero-order chi connectivity index (χ0) is 10.2. The topological polar surface area (TPSA) is 23.8 Å². The number of hydrogen-bond acceptors (Lipinski definition) is 1. The SMILES string of the molecule is CC1CCCC2(C)C(CC#N)CCC12. The summed E-state index contributed by atoms with van der Waals surface area (Å²) in [6, 6.07) is 2.38. The van der Waals surface area contributed by atoms with Crippen molar-refractivity contribution < 1.29 is 0 Å². The molecule has 14 heavy (non-hydrogen) atoms. The molecule has 0 aliphatic heterocycles. The molecule has 0 aromatic heterocycles. The van der Waals surface area contributed by atoms with E-state index in [2.05, 4.69) is 19.9 Å². The summed E-state index contributed by atoms with van der Waals surface area (Å²) in [5.41, 5.74) is 0.507. The molecule has 1 nitrogen and oxygen atoms in total. The molecule has 2 rings (SSSR count). The van der Waals surface area contributed by atoms with E-state index in [-0.39, 0.29) is 0 Å². The van der Waals surface area contributed by atoms with Gasteiger partial charge in [-0.25, -0.2) is 0 Å². The second-order valence-corrected chi connectivity index (χ2v) is 5.62. The van der Waals surface area contributed by atoms with Crippen LogP contribution in [0.15, 0.2) is 0 Å². The van der Waals surface area contributed by atoms with Crippen molar-refractivity contribution in [3.63, 3.8) is 0 Å². The fraction of sp³-hybridized carbons (Fsp3) is 0.923. The first-order valence-electron chi connectivity index (χ1n) is 6.05. The number of rotatable bonds is 1. The van der Waals surface area contributed by atoms with E-state index < -0.39 is 0 Å². The van der Waals surface area contributed by atoms with Crippen molar-refractivity contribution in [3.05, 3.63) is 0 Å². The van der Waals surface area contributed by atoms with Gasteiger partial charge in [-0.05, 0) is 42.4 Å². The lowest BCUT2D eigenvalue weighted by Crippen LogP contribution is -2.35. The third kappa shape index (κ3) is 1.36. The first kappa shape index (κ1) is 10.0. The summed E-state index contributed by atoms with van der Waals surface area (Å²) in [6.07, 6.45) is 7.65. The van der Waals surface area contributed by atoms with Crippen molar-refractivity contribution in [3.8, 4) is 6.07 Å². The summed E-state index contributed by atoms with van der Waals surface area (Å²) in [4.78, 5) is 0. The van der Waals surface area contributed by atoms with E-state index in [1.807, 2.05) is 0 Å². The lowest BCUT2D eigenvalue weighted by atomic mass is 9.61. The van der Waals surface area contributed by atoms with Gasteiger partial charge in [0.25, 0.3) is 0 Å². The van der Waals surface area contributed by atoms with Gasteiger partial charge < -0.3 is 0 Å². The second kappa shape index (κ2) is 3.57. The Morgan fingerprint density at radius 3 is 2.86 bits per heavy atom. The van der Waals surface area contributed by atoms with Crippen LogP contribution in [0.4, 0.5) is 0 Å². The van der Waals surface area contributed by atoms with E-state index in [9.17, 15) is 0 Å². The number of nitrogens with zero attached hydrogens (tertiary/aromatic N) is 1. The molecule has 2 fully saturated rings. The van der Waals surface area contributed by atoms with Gasteiger partial charge in [-0.3, -0.25) is 0 Å². The predicted molar refractivity (Wildman–Crippen MR) is 57.6 cm³/mol. The first-order chi connectivity index (χ1) is 6.68. The minimum Gasteiger partial charge on any atom is -0.198 e. The molecule has 4 unspecified atom stereocenters. The summed E-state index contributed by atoms with van der Waals surface area (Å²) in [7, 11) is 0. The van der Waals surface area contributed by atoms with Crippen LogP contribution in [-0.4, -0.2) is 0 Å². The summed E-state index contributed by atoms with van der Waals surface area (Å²) in [5, 5.41) is 8.85. The van der Waals surface area contributed by atoms with Crippen LogP contribution in [0.2, 0.25) is 0 Å². The standard InChI is InChI=1S/C13H21N/c1-10-4-3-8-13(2)11(7-9-14)5-6-12(10)13/h10-12H,3-8H2,1-2H3. The summed E-state index contributed by atoms with van der Waals surface area (Å²) in [5.74, 6) is 2.51. The molecule has 0 bridgehead atoms. The third-order valence-electron chi connectivity index (χ3n) is 5.01. The fourth-order valence-electron chi connectivity index (χ4n) is 4.12. The number of fused-ring (bicyclic) bond motifs is 1. The highest BCUT2D eigenvalue weighted by atomic mass is 14.5. The van der Waals surface area contributed by atoms with E-state index in [4.69, 9.17) is 5.26 Å². The van der Waals surface area contributed by atoms with E-state index in [0.717, 1.165) is 18.3 Å². The molecule has 2 aliphatic carbocycles. The highest BCUT2D eigenvalue weighted by molar-refractivity contribution is 5.01. The van der Waals surface area contributed by atoms with Gasteiger partial charge in [-0.2, -0.15) is 5.26 Å². The average molecular weight is 191 g/mol. The molecule has 4 atom stereocenters. The normalized spacial score (nSPS) is 47.1. The van der Waals surface area contributed by atoms with Crippen molar-refractivity contribution in [2.75, 3.05) is 0 Å². The molecule has 0 aromatic carbocycles. The number of nitriles is 1. The molecule has 0 aromatic rings. The minimum atomic E-state index is 0.507. The van der Waals surface area contributed by atoms with Crippen molar-refractivity contribution in [1.29, 1.82) is 5.26 Å². The summed E-state index contributed by atoms with van der Waals surface area (Å²) < 4.78 is 0. The van der Waals surface area contributed by atoms with Crippen LogP contribution in [0.3, 0.4) is 0 Å². The van der Waals surface area contributed by atoms with Crippen LogP contribution < -0.4 is 0 Å². The highest BCUT2D eigenvalue weighted by Crippen LogP contribution is 2.58. The van der Waals surface area contributed by atoms with Gasteiger partial charge in [0.2, 0.25) is 0 Å². The van der Waals surface area contributed by atoms with E-state index in [1.165, 1.54) is 32.1 Å². The fourth-order valence-corrected chi connectivity index (χ4v) is 4.12. The highest BCUT2D eigenvalue weighted by Gasteiger charge is 2.49. The Kier molecular flexibility index (Phi) is 2.56. The maximum Gasteiger partial charge on any atom is 0.0624 e. The minimum absolute atomic E-state index is 0.507. The molecule has 0 saturated heterocycles. The van der Waals surface area contributed by atoms with Crippen LogP contribution in [0.5, 0.6) is 0 Å². The van der Waals surface area contributed by atoms with Crippen molar-refractivity contribution in [1.82, 2.24) is 0 Å². The maximum absolute atomic E-state index is 8.85. The molecule has 0 heterocycles. The van der Waals surface area contributed by atoms with Gasteiger partial charge in [0.15, 0.2) is 0 Å². The lowest BCUT2D eigenvalue weighted by molar-refractivity contribution is 0.0607.